The van der Waals surface area contributed by atoms with Crippen LogP contribution in [0.4, 0.5) is 0 Å². The van der Waals surface area contributed by atoms with Crippen LogP contribution in [0.5, 0.6) is 0 Å². The monoisotopic (exact) mass is 305 g/mol. The lowest BCUT2D eigenvalue weighted by atomic mass is 10.1. The molecule has 0 unspecified atom stereocenters. The van der Waals surface area contributed by atoms with E-state index >= 15 is 0 Å². The van der Waals surface area contributed by atoms with Crippen molar-refractivity contribution < 1.29 is 9.21 Å². The predicted octanol–water partition coefficient (Wildman–Crippen LogP) is 4.05. The Balaban J connectivity index is 1.75. The molecule has 0 bridgehead atoms. The first-order valence-electron chi connectivity index (χ1n) is 7.69. The fourth-order valence-electron chi connectivity index (χ4n) is 2.51. The maximum Gasteiger partial charge on any atom is 0.227 e. The fourth-order valence-corrected chi connectivity index (χ4v) is 2.51. The summed E-state index contributed by atoms with van der Waals surface area (Å²) in [4.78, 5) is 14.6. The first kappa shape index (κ1) is 15.1. The molecular formula is C20H19NO2. The molecule has 2 aromatic carbocycles. The molecule has 3 nitrogen and oxygen atoms in total. The van der Waals surface area contributed by atoms with Crippen molar-refractivity contribution in [2.75, 3.05) is 0 Å². The van der Waals surface area contributed by atoms with Gasteiger partial charge in [0.1, 0.15) is 5.76 Å². The Kier molecular flexibility index (Phi) is 4.89. The number of rotatable bonds is 6. The third kappa shape index (κ3) is 4.33. The summed E-state index contributed by atoms with van der Waals surface area (Å²) in [6, 6.07) is 23.6. The van der Waals surface area contributed by atoms with E-state index < -0.39 is 0 Å². The summed E-state index contributed by atoms with van der Waals surface area (Å²) in [7, 11) is 0. The quantitative estimate of drug-likeness (QED) is 0.688. The number of benzene rings is 2. The summed E-state index contributed by atoms with van der Waals surface area (Å²) >= 11 is 0. The van der Waals surface area contributed by atoms with Gasteiger partial charge in [-0.1, -0.05) is 60.7 Å². The van der Waals surface area contributed by atoms with Gasteiger partial charge in [-0.25, -0.2) is 0 Å². The molecule has 3 aromatic rings. The topological polar surface area (TPSA) is 33.5 Å². The van der Waals surface area contributed by atoms with Crippen molar-refractivity contribution in [2.45, 2.75) is 19.5 Å². The molecule has 1 heterocycles. The number of amides is 1. The average Bonchev–Trinajstić information content (AvgIpc) is 3.09. The van der Waals surface area contributed by atoms with Crippen LogP contribution in [-0.4, -0.2) is 10.8 Å². The van der Waals surface area contributed by atoms with Gasteiger partial charge in [0.05, 0.1) is 19.2 Å². The van der Waals surface area contributed by atoms with Crippen molar-refractivity contribution in [1.29, 1.82) is 0 Å². The highest BCUT2D eigenvalue weighted by atomic mass is 16.3. The Hall–Kier alpha value is -2.81. The van der Waals surface area contributed by atoms with Crippen LogP contribution in [0, 0.1) is 0 Å². The summed E-state index contributed by atoms with van der Waals surface area (Å²) in [5.74, 6) is 0.888. The zero-order valence-corrected chi connectivity index (χ0v) is 12.9. The first-order chi connectivity index (χ1) is 11.3. The van der Waals surface area contributed by atoms with Gasteiger partial charge in [-0.2, -0.15) is 0 Å². The Morgan fingerprint density at radius 1 is 0.783 bits per heavy atom. The summed E-state index contributed by atoms with van der Waals surface area (Å²) in [6.07, 6.45) is 2.03. The molecule has 23 heavy (non-hydrogen) atoms. The van der Waals surface area contributed by atoms with E-state index in [1.807, 2.05) is 77.7 Å². The molecule has 0 aliphatic heterocycles. The Labute approximate surface area is 136 Å². The van der Waals surface area contributed by atoms with Crippen LogP contribution in [0.25, 0.3) is 0 Å². The van der Waals surface area contributed by atoms with E-state index in [1.165, 1.54) is 0 Å². The van der Waals surface area contributed by atoms with E-state index in [0.717, 1.165) is 16.9 Å². The molecule has 1 amide bonds. The number of hydrogen-bond donors (Lipinski definition) is 0. The second-order valence-corrected chi connectivity index (χ2v) is 5.48. The lowest BCUT2D eigenvalue weighted by molar-refractivity contribution is -0.132. The molecule has 0 fully saturated rings. The predicted molar refractivity (Wildman–Crippen MR) is 89.6 cm³/mol. The standard InChI is InChI=1S/C20H19NO2/c22-20(14-17-8-3-1-4-9-17)21(16-19-12-7-13-23-19)15-18-10-5-2-6-11-18/h1-13H,14-16H2. The molecule has 3 heteroatoms. The van der Waals surface area contributed by atoms with Gasteiger partial charge >= 0.3 is 0 Å². The van der Waals surface area contributed by atoms with Gasteiger partial charge in [-0.05, 0) is 23.3 Å². The molecule has 3 rings (SSSR count). The highest BCUT2D eigenvalue weighted by Gasteiger charge is 2.16. The van der Waals surface area contributed by atoms with Crippen LogP contribution in [0.2, 0.25) is 0 Å². The molecule has 0 aliphatic rings. The SMILES string of the molecule is O=C(Cc1ccccc1)N(Cc1ccccc1)Cc1ccco1. The van der Waals surface area contributed by atoms with E-state index in [0.29, 0.717) is 19.5 Å². The van der Waals surface area contributed by atoms with Crippen LogP contribution < -0.4 is 0 Å². The van der Waals surface area contributed by atoms with E-state index in [-0.39, 0.29) is 5.91 Å². The van der Waals surface area contributed by atoms with E-state index in [4.69, 9.17) is 4.42 Å². The van der Waals surface area contributed by atoms with Gasteiger partial charge in [0.15, 0.2) is 0 Å². The normalized spacial score (nSPS) is 10.4. The lowest BCUT2D eigenvalue weighted by Crippen LogP contribution is -2.31. The van der Waals surface area contributed by atoms with Crippen molar-refractivity contribution >= 4 is 5.91 Å². The van der Waals surface area contributed by atoms with Crippen molar-refractivity contribution in [3.8, 4) is 0 Å². The van der Waals surface area contributed by atoms with Crippen molar-refractivity contribution in [1.82, 2.24) is 4.90 Å². The number of carbonyl (C=O) groups excluding carboxylic acids is 1. The Morgan fingerprint density at radius 3 is 2.04 bits per heavy atom. The number of furan rings is 1. The number of carbonyl (C=O) groups is 1. The molecule has 116 valence electrons. The summed E-state index contributed by atoms with van der Waals surface area (Å²) < 4.78 is 5.41. The number of hydrogen-bond acceptors (Lipinski definition) is 2. The highest BCUT2D eigenvalue weighted by molar-refractivity contribution is 5.78. The maximum atomic E-state index is 12.7. The van der Waals surface area contributed by atoms with E-state index in [9.17, 15) is 4.79 Å². The highest BCUT2D eigenvalue weighted by Crippen LogP contribution is 2.13. The maximum absolute atomic E-state index is 12.7. The molecular weight excluding hydrogens is 286 g/mol. The Morgan fingerprint density at radius 2 is 1.43 bits per heavy atom. The summed E-state index contributed by atoms with van der Waals surface area (Å²) in [5.41, 5.74) is 2.13. The molecule has 0 atom stereocenters. The second kappa shape index (κ2) is 7.45. The molecule has 0 radical (unpaired) electrons. The van der Waals surface area contributed by atoms with Crippen LogP contribution >= 0.6 is 0 Å². The average molecular weight is 305 g/mol. The van der Waals surface area contributed by atoms with Gasteiger partial charge in [0, 0.05) is 6.54 Å². The largest absolute Gasteiger partial charge is 0.467 e. The zero-order chi connectivity index (χ0) is 15.9. The van der Waals surface area contributed by atoms with Gasteiger partial charge < -0.3 is 9.32 Å². The van der Waals surface area contributed by atoms with Crippen LogP contribution in [0.3, 0.4) is 0 Å². The third-order valence-electron chi connectivity index (χ3n) is 3.69. The van der Waals surface area contributed by atoms with Gasteiger partial charge in [0.2, 0.25) is 5.91 Å². The van der Waals surface area contributed by atoms with E-state index in [2.05, 4.69) is 0 Å². The smallest absolute Gasteiger partial charge is 0.227 e. The summed E-state index contributed by atoms with van der Waals surface area (Å²) in [6.45, 7) is 1.06. The van der Waals surface area contributed by atoms with Gasteiger partial charge in [-0.15, -0.1) is 0 Å². The molecule has 0 saturated carbocycles. The zero-order valence-electron chi connectivity index (χ0n) is 12.9. The second-order valence-electron chi connectivity index (χ2n) is 5.48. The Bertz CT molecular complexity index is 721. The van der Waals surface area contributed by atoms with Gasteiger partial charge in [0.25, 0.3) is 0 Å². The third-order valence-corrected chi connectivity index (χ3v) is 3.69. The minimum Gasteiger partial charge on any atom is -0.467 e. The molecule has 0 saturated heterocycles. The lowest BCUT2D eigenvalue weighted by Gasteiger charge is -2.22. The minimum absolute atomic E-state index is 0.0939. The molecule has 1 aromatic heterocycles. The molecule has 0 spiro atoms. The van der Waals surface area contributed by atoms with Crippen LogP contribution in [0.1, 0.15) is 16.9 Å². The minimum atomic E-state index is 0.0939. The van der Waals surface area contributed by atoms with Crippen molar-refractivity contribution in [2.24, 2.45) is 0 Å². The summed E-state index contributed by atoms with van der Waals surface area (Å²) in [5, 5.41) is 0. The van der Waals surface area contributed by atoms with Gasteiger partial charge in [-0.3, -0.25) is 4.79 Å². The fraction of sp³-hybridized carbons (Fsp3) is 0.150. The molecule has 0 aliphatic carbocycles. The van der Waals surface area contributed by atoms with Crippen LogP contribution in [0.15, 0.2) is 83.5 Å². The van der Waals surface area contributed by atoms with Crippen molar-refractivity contribution in [3.05, 3.63) is 95.9 Å². The van der Waals surface area contributed by atoms with Crippen molar-refractivity contribution in [3.63, 3.8) is 0 Å². The van der Waals surface area contributed by atoms with Crippen LogP contribution in [-0.2, 0) is 24.3 Å². The number of nitrogens with zero attached hydrogens (tertiary/aromatic N) is 1. The van der Waals surface area contributed by atoms with E-state index in [1.54, 1.807) is 6.26 Å². The first-order valence-corrected chi connectivity index (χ1v) is 7.69. The molecule has 0 N–H and O–H groups in total.